The van der Waals surface area contributed by atoms with Crippen LogP contribution in [0.2, 0.25) is 0 Å². The molecule has 0 spiro atoms. The van der Waals surface area contributed by atoms with Crippen LogP contribution in [0.15, 0.2) is 30.5 Å². The summed E-state index contributed by atoms with van der Waals surface area (Å²) in [6.07, 6.45) is 0.860. The van der Waals surface area contributed by atoms with Gasteiger partial charge in [0.2, 0.25) is 0 Å². The van der Waals surface area contributed by atoms with Crippen LogP contribution in [0.3, 0.4) is 0 Å². The predicted molar refractivity (Wildman–Crippen MR) is 58.6 cm³/mol. The maximum atomic E-state index is 5.48. The van der Waals surface area contributed by atoms with E-state index in [0.717, 1.165) is 17.9 Å². The van der Waals surface area contributed by atoms with Gasteiger partial charge < -0.3 is 4.74 Å². The number of hydrogen-bond donors (Lipinski definition) is 0. The van der Waals surface area contributed by atoms with E-state index in [0.29, 0.717) is 0 Å². The lowest BCUT2D eigenvalue weighted by Crippen LogP contribution is -2.10. The standard InChI is InChI=1S/C13H16O/c1-9-7-10-8-11(13(2,3)4)5-6-12(10)14-9/h5-6,8H,1,7H2,2-4H3. The summed E-state index contributed by atoms with van der Waals surface area (Å²) in [6, 6.07) is 6.42. The summed E-state index contributed by atoms with van der Waals surface area (Å²) in [6.45, 7) is 10.5. The van der Waals surface area contributed by atoms with E-state index in [4.69, 9.17) is 4.74 Å². The molecule has 14 heavy (non-hydrogen) atoms. The molecule has 0 N–H and O–H groups in total. The molecule has 1 aliphatic heterocycles. The van der Waals surface area contributed by atoms with Crippen LogP contribution in [0.25, 0.3) is 0 Å². The molecule has 0 saturated carbocycles. The minimum atomic E-state index is 0.207. The topological polar surface area (TPSA) is 9.23 Å². The van der Waals surface area contributed by atoms with Crippen LogP contribution in [-0.2, 0) is 11.8 Å². The summed E-state index contributed by atoms with van der Waals surface area (Å²) in [5, 5.41) is 0. The number of allylic oxidation sites excluding steroid dienone is 1. The fourth-order valence-corrected chi connectivity index (χ4v) is 1.69. The van der Waals surface area contributed by atoms with Gasteiger partial charge in [-0.1, -0.05) is 39.5 Å². The minimum Gasteiger partial charge on any atom is -0.462 e. The third kappa shape index (κ3) is 1.54. The highest BCUT2D eigenvalue weighted by Crippen LogP contribution is 2.33. The van der Waals surface area contributed by atoms with Crippen molar-refractivity contribution in [1.29, 1.82) is 0 Å². The van der Waals surface area contributed by atoms with E-state index in [1.807, 2.05) is 6.07 Å². The SMILES string of the molecule is C=C1Cc2cc(C(C)(C)C)ccc2O1. The molecular weight excluding hydrogens is 172 g/mol. The van der Waals surface area contributed by atoms with E-state index in [1.165, 1.54) is 11.1 Å². The van der Waals surface area contributed by atoms with Gasteiger partial charge in [-0.15, -0.1) is 0 Å². The third-order valence-electron chi connectivity index (χ3n) is 2.57. The second-order valence-electron chi connectivity index (χ2n) is 4.89. The third-order valence-corrected chi connectivity index (χ3v) is 2.57. The van der Waals surface area contributed by atoms with Crippen molar-refractivity contribution >= 4 is 0 Å². The summed E-state index contributed by atoms with van der Waals surface area (Å²) >= 11 is 0. The zero-order valence-corrected chi connectivity index (χ0v) is 9.05. The van der Waals surface area contributed by atoms with Gasteiger partial charge in [-0.05, 0) is 17.0 Å². The number of rotatable bonds is 0. The Morgan fingerprint density at radius 3 is 2.64 bits per heavy atom. The Hall–Kier alpha value is -1.24. The first kappa shape index (κ1) is 9.32. The molecule has 0 saturated heterocycles. The maximum Gasteiger partial charge on any atom is 0.130 e. The Bertz CT molecular complexity index is 383. The van der Waals surface area contributed by atoms with Crippen LogP contribution >= 0.6 is 0 Å². The van der Waals surface area contributed by atoms with Crippen LogP contribution < -0.4 is 4.74 Å². The Labute approximate surface area is 85.4 Å². The van der Waals surface area contributed by atoms with E-state index in [-0.39, 0.29) is 5.41 Å². The molecule has 1 aromatic carbocycles. The molecule has 74 valence electrons. The first-order chi connectivity index (χ1) is 6.47. The molecule has 0 unspecified atom stereocenters. The molecule has 1 aromatic rings. The van der Waals surface area contributed by atoms with Crippen LogP contribution in [0.5, 0.6) is 5.75 Å². The summed E-state index contributed by atoms with van der Waals surface area (Å²) in [5.41, 5.74) is 2.83. The molecule has 0 amide bonds. The van der Waals surface area contributed by atoms with Crippen molar-refractivity contribution in [3.63, 3.8) is 0 Å². The van der Waals surface area contributed by atoms with Crippen molar-refractivity contribution in [1.82, 2.24) is 0 Å². The average Bonchev–Trinajstić information content (AvgIpc) is 2.41. The monoisotopic (exact) mass is 188 g/mol. The molecule has 2 rings (SSSR count). The van der Waals surface area contributed by atoms with E-state index < -0.39 is 0 Å². The summed E-state index contributed by atoms with van der Waals surface area (Å²) in [4.78, 5) is 0. The molecule has 1 aliphatic rings. The van der Waals surface area contributed by atoms with Crippen molar-refractivity contribution in [2.24, 2.45) is 0 Å². The summed E-state index contributed by atoms with van der Waals surface area (Å²) in [5.74, 6) is 1.83. The maximum absolute atomic E-state index is 5.48. The Kier molecular flexibility index (Phi) is 1.91. The first-order valence-corrected chi connectivity index (χ1v) is 4.96. The van der Waals surface area contributed by atoms with Gasteiger partial charge in [0, 0.05) is 12.0 Å². The van der Waals surface area contributed by atoms with Crippen LogP contribution in [0.1, 0.15) is 31.9 Å². The van der Waals surface area contributed by atoms with Gasteiger partial charge in [-0.3, -0.25) is 0 Å². The zero-order chi connectivity index (χ0) is 10.3. The molecule has 1 heteroatoms. The number of ether oxygens (including phenoxy) is 1. The molecule has 0 atom stereocenters. The van der Waals surface area contributed by atoms with Gasteiger partial charge in [-0.25, -0.2) is 0 Å². The Balaban J connectivity index is 2.43. The quantitative estimate of drug-likeness (QED) is 0.606. The van der Waals surface area contributed by atoms with Gasteiger partial charge in [-0.2, -0.15) is 0 Å². The van der Waals surface area contributed by atoms with E-state index in [1.54, 1.807) is 0 Å². The number of hydrogen-bond acceptors (Lipinski definition) is 1. The minimum absolute atomic E-state index is 0.207. The lowest BCUT2D eigenvalue weighted by atomic mass is 9.86. The van der Waals surface area contributed by atoms with Gasteiger partial charge in [0.1, 0.15) is 11.5 Å². The van der Waals surface area contributed by atoms with Crippen LogP contribution in [0, 0.1) is 0 Å². The van der Waals surface area contributed by atoms with Gasteiger partial charge in [0.15, 0.2) is 0 Å². The van der Waals surface area contributed by atoms with Crippen molar-refractivity contribution in [3.8, 4) is 5.75 Å². The first-order valence-electron chi connectivity index (χ1n) is 4.96. The fourth-order valence-electron chi connectivity index (χ4n) is 1.69. The van der Waals surface area contributed by atoms with E-state index in [9.17, 15) is 0 Å². The van der Waals surface area contributed by atoms with Crippen molar-refractivity contribution < 1.29 is 4.74 Å². The lowest BCUT2D eigenvalue weighted by molar-refractivity contribution is 0.449. The van der Waals surface area contributed by atoms with Crippen LogP contribution in [-0.4, -0.2) is 0 Å². The van der Waals surface area contributed by atoms with Crippen molar-refractivity contribution in [3.05, 3.63) is 41.7 Å². The second kappa shape index (κ2) is 2.88. The molecule has 0 aromatic heterocycles. The number of benzene rings is 1. The van der Waals surface area contributed by atoms with E-state index in [2.05, 4.69) is 39.5 Å². The lowest BCUT2D eigenvalue weighted by Gasteiger charge is -2.19. The van der Waals surface area contributed by atoms with Crippen LogP contribution in [0.4, 0.5) is 0 Å². The molecule has 0 radical (unpaired) electrons. The summed E-state index contributed by atoms with van der Waals surface area (Å²) < 4.78 is 5.48. The predicted octanol–water partition coefficient (Wildman–Crippen LogP) is 3.43. The normalized spacial score (nSPS) is 15.2. The molecule has 0 fully saturated rings. The average molecular weight is 188 g/mol. The second-order valence-corrected chi connectivity index (χ2v) is 4.89. The molecule has 0 bridgehead atoms. The highest BCUT2D eigenvalue weighted by atomic mass is 16.5. The largest absolute Gasteiger partial charge is 0.462 e. The van der Waals surface area contributed by atoms with Crippen molar-refractivity contribution in [2.75, 3.05) is 0 Å². The summed E-state index contributed by atoms with van der Waals surface area (Å²) in [7, 11) is 0. The molecular formula is C13H16O. The molecule has 1 heterocycles. The zero-order valence-electron chi connectivity index (χ0n) is 9.05. The van der Waals surface area contributed by atoms with E-state index >= 15 is 0 Å². The smallest absolute Gasteiger partial charge is 0.130 e. The Morgan fingerprint density at radius 2 is 2.00 bits per heavy atom. The van der Waals surface area contributed by atoms with Gasteiger partial charge >= 0.3 is 0 Å². The highest BCUT2D eigenvalue weighted by molar-refractivity contribution is 5.45. The number of fused-ring (bicyclic) bond motifs is 1. The Morgan fingerprint density at radius 1 is 1.29 bits per heavy atom. The molecule has 0 aliphatic carbocycles. The van der Waals surface area contributed by atoms with Gasteiger partial charge in [0.25, 0.3) is 0 Å². The highest BCUT2D eigenvalue weighted by Gasteiger charge is 2.20. The molecule has 1 nitrogen and oxygen atoms in total. The van der Waals surface area contributed by atoms with Crippen molar-refractivity contribution in [2.45, 2.75) is 32.6 Å². The van der Waals surface area contributed by atoms with Gasteiger partial charge in [0.05, 0.1) is 0 Å². The fraction of sp³-hybridized carbons (Fsp3) is 0.385.